The van der Waals surface area contributed by atoms with E-state index in [1.165, 1.54) is 16.9 Å². The first-order valence-electron chi connectivity index (χ1n) is 5.75. The van der Waals surface area contributed by atoms with Crippen molar-refractivity contribution >= 4 is 11.6 Å². The van der Waals surface area contributed by atoms with Crippen molar-refractivity contribution in [2.45, 2.75) is 20.4 Å². The predicted octanol–water partition coefficient (Wildman–Crippen LogP) is 2.29. The lowest BCUT2D eigenvalue weighted by atomic mass is 10.0. The van der Waals surface area contributed by atoms with Crippen molar-refractivity contribution in [3.05, 3.63) is 57.3 Å². The molecule has 2 aromatic rings. The molecule has 0 bridgehead atoms. The molecule has 1 aromatic carbocycles. The Morgan fingerprint density at radius 1 is 1.37 bits per heavy atom. The summed E-state index contributed by atoms with van der Waals surface area (Å²) in [4.78, 5) is 22.0. The predicted molar refractivity (Wildman–Crippen MR) is 69.1 cm³/mol. The molecule has 98 valence electrons. The van der Waals surface area contributed by atoms with Gasteiger partial charge in [0.15, 0.2) is 5.78 Å². The Morgan fingerprint density at radius 3 is 2.68 bits per heavy atom. The fourth-order valence-electron chi connectivity index (χ4n) is 1.90. The van der Waals surface area contributed by atoms with Crippen molar-refractivity contribution < 1.29 is 9.72 Å². The molecule has 6 heteroatoms. The van der Waals surface area contributed by atoms with E-state index in [4.69, 9.17) is 0 Å². The molecule has 0 saturated carbocycles. The number of ketones is 1. The fraction of sp³-hybridized carbons (Fsp3) is 0.231. The van der Waals surface area contributed by atoms with Gasteiger partial charge in [-0.25, -0.2) is 0 Å². The number of aromatic nitrogens is 2. The van der Waals surface area contributed by atoms with Crippen molar-refractivity contribution in [3.8, 4) is 0 Å². The second kappa shape index (κ2) is 5.01. The van der Waals surface area contributed by atoms with Crippen LogP contribution in [0.3, 0.4) is 0 Å². The van der Waals surface area contributed by atoms with Gasteiger partial charge in [-0.05, 0) is 24.3 Å². The van der Waals surface area contributed by atoms with Gasteiger partial charge in [0.2, 0.25) is 0 Å². The van der Waals surface area contributed by atoms with Gasteiger partial charge in [0.05, 0.1) is 17.4 Å². The summed E-state index contributed by atoms with van der Waals surface area (Å²) in [5.74, 6) is -0.371. The third kappa shape index (κ3) is 2.85. The highest BCUT2D eigenvalue weighted by Gasteiger charge is 2.15. The lowest BCUT2D eigenvalue weighted by Gasteiger charge is -2.04. The number of Topliss-reactive ketones (excluding diaryl/α,β-unsaturated/α-hetero) is 1. The fourth-order valence-corrected chi connectivity index (χ4v) is 1.90. The molecule has 0 aliphatic rings. The van der Waals surface area contributed by atoms with Crippen molar-refractivity contribution in [2.24, 2.45) is 0 Å². The summed E-state index contributed by atoms with van der Waals surface area (Å²) in [5.41, 5.74) is 2.60. The van der Waals surface area contributed by atoms with E-state index in [9.17, 15) is 14.9 Å². The Labute approximate surface area is 109 Å². The number of benzene rings is 1. The van der Waals surface area contributed by atoms with Crippen LogP contribution in [0.15, 0.2) is 30.5 Å². The van der Waals surface area contributed by atoms with Gasteiger partial charge < -0.3 is 10.1 Å². The van der Waals surface area contributed by atoms with Gasteiger partial charge >= 0.3 is 5.82 Å². The van der Waals surface area contributed by atoms with Gasteiger partial charge in [0.25, 0.3) is 0 Å². The third-order valence-electron chi connectivity index (χ3n) is 2.80. The van der Waals surface area contributed by atoms with E-state index in [1.807, 2.05) is 26.0 Å². The van der Waals surface area contributed by atoms with Gasteiger partial charge in [-0.2, -0.15) is 4.68 Å². The SMILES string of the molecule is Cc1ccc(C(=O)Cn2ccc([N+](=O)[O-])n2)c(C)c1. The molecule has 1 heterocycles. The summed E-state index contributed by atoms with van der Waals surface area (Å²) in [6.07, 6.45) is 1.43. The molecule has 0 saturated heterocycles. The first-order valence-corrected chi connectivity index (χ1v) is 5.75. The zero-order chi connectivity index (χ0) is 14.0. The number of carbonyl (C=O) groups is 1. The molecular formula is C13H13N3O3. The number of nitro groups is 1. The van der Waals surface area contributed by atoms with Gasteiger partial charge in [-0.3, -0.25) is 4.79 Å². The quantitative estimate of drug-likeness (QED) is 0.479. The highest BCUT2D eigenvalue weighted by molar-refractivity contribution is 5.97. The number of hydrogen-bond donors (Lipinski definition) is 0. The van der Waals surface area contributed by atoms with E-state index in [-0.39, 0.29) is 18.1 Å². The summed E-state index contributed by atoms with van der Waals surface area (Å²) in [5, 5.41) is 14.2. The van der Waals surface area contributed by atoms with Gasteiger partial charge in [0.1, 0.15) is 6.54 Å². The summed E-state index contributed by atoms with van der Waals surface area (Å²) >= 11 is 0. The van der Waals surface area contributed by atoms with Crippen LogP contribution >= 0.6 is 0 Å². The Kier molecular flexibility index (Phi) is 3.41. The number of nitrogens with zero attached hydrogens (tertiary/aromatic N) is 3. The smallest absolute Gasteiger partial charge is 0.358 e. The van der Waals surface area contributed by atoms with E-state index in [0.717, 1.165) is 11.1 Å². The monoisotopic (exact) mass is 259 g/mol. The molecule has 1 aromatic heterocycles. The zero-order valence-electron chi connectivity index (χ0n) is 10.7. The number of hydrogen-bond acceptors (Lipinski definition) is 4. The number of rotatable bonds is 4. The van der Waals surface area contributed by atoms with E-state index >= 15 is 0 Å². The largest absolute Gasteiger partial charge is 0.389 e. The van der Waals surface area contributed by atoms with Crippen LogP contribution in [0.1, 0.15) is 21.5 Å². The Bertz CT molecular complexity index is 646. The van der Waals surface area contributed by atoms with Crippen molar-refractivity contribution in [1.29, 1.82) is 0 Å². The maximum absolute atomic E-state index is 12.1. The minimum Gasteiger partial charge on any atom is -0.358 e. The Balaban J connectivity index is 2.18. The average Bonchev–Trinajstić information content (AvgIpc) is 2.77. The molecule has 2 rings (SSSR count). The van der Waals surface area contributed by atoms with Crippen LogP contribution in [-0.4, -0.2) is 20.5 Å². The van der Waals surface area contributed by atoms with Gasteiger partial charge in [-0.1, -0.05) is 23.8 Å². The van der Waals surface area contributed by atoms with Crippen LogP contribution in [-0.2, 0) is 6.54 Å². The third-order valence-corrected chi connectivity index (χ3v) is 2.80. The maximum Gasteiger partial charge on any atom is 0.389 e. The van der Waals surface area contributed by atoms with Crippen molar-refractivity contribution in [1.82, 2.24) is 9.78 Å². The van der Waals surface area contributed by atoms with Crippen molar-refractivity contribution in [2.75, 3.05) is 0 Å². The average molecular weight is 259 g/mol. The topological polar surface area (TPSA) is 78.0 Å². The molecule has 19 heavy (non-hydrogen) atoms. The minimum atomic E-state index is -0.585. The molecule has 0 fully saturated rings. The molecule has 0 N–H and O–H groups in total. The molecule has 0 atom stereocenters. The molecule has 6 nitrogen and oxygen atoms in total. The molecule has 0 unspecified atom stereocenters. The van der Waals surface area contributed by atoms with Crippen LogP contribution in [0.2, 0.25) is 0 Å². The maximum atomic E-state index is 12.1. The van der Waals surface area contributed by atoms with E-state index in [2.05, 4.69) is 5.10 Å². The molecule has 0 radical (unpaired) electrons. The normalized spacial score (nSPS) is 10.4. The van der Waals surface area contributed by atoms with Gasteiger partial charge in [-0.15, -0.1) is 0 Å². The molecule has 0 aliphatic carbocycles. The zero-order valence-corrected chi connectivity index (χ0v) is 10.7. The van der Waals surface area contributed by atoms with Crippen LogP contribution in [0.25, 0.3) is 0 Å². The molecular weight excluding hydrogens is 246 g/mol. The number of carbonyl (C=O) groups excluding carboxylic acids is 1. The molecule has 0 aliphatic heterocycles. The Hall–Kier alpha value is -2.50. The van der Waals surface area contributed by atoms with Crippen LogP contribution in [0.5, 0.6) is 0 Å². The highest BCUT2D eigenvalue weighted by Crippen LogP contribution is 2.13. The first-order chi connectivity index (χ1) is 8.97. The lowest BCUT2D eigenvalue weighted by Crippen LogP contribution is -2.12. The Morgan fingerprint density at radius 2 is 2.11 bits per heavy atom. The van der Waals surface area contributed by atoms with Crippen LogP contribution in [0.4, 0.5) is 5.82 Å². The van der Waals surface area contributed by atoms with Crippen LogP contribution < -0.4 is 0 Å². The molecule has 0 amide bonds. The van der Waals surface area contributed by atoms with Crippen LogP contribution in [0, 0.1) is 24.0 Å². The van der Waals surface area contributed by atoms with Gasteiger partial charge in [0, 0.05) is 5.56 Å². The lowest BCUT2D eigenvalue weighted by molar-refractivity contribution is -0.389. The second-order valence-electron chi connectivity index (χ2n) is 4.37. The number of aryl methyl sites for hydroxylation is 2. The minimum absolute atomic E-state index is 0.00224. The van der Waals surface area contributed by atoms with E-state index in [0.29, 0.717) is 5.56 Å². The highest BCUT2D eigenvalue weighted by atomic mass is 16.6. The van der Waals surface area contributed by atoms with E-state index < -0.39 is 4.92 Å². The summed E-state index contributed by atoms with van der Waals surface area (Å²) in [6, 6.07) is 6.84. The molecule has 0 spiro atoms. The first kappa shape index (κ1) is 12.9. The summed E-state index contributed by atoms with van der Waals surface area (Å²) in [6.45, 7) is 3.82. The summed E-state index contributed by atoms with van der Waals surface area (Å²) in [7, 11) is 0. The van der Waals surface area contributed by atoms with Crippen molar-refractivity contribution in [3.63, 3.8) is 0 Å². The van der Waals surface area contributed by atoms with E-state index in [1.54, 1.807) is 6.07 Å². The summed E-state index contributed by atoms with van der Waals surface area (Å²) < 4.78 is 1.28. The second-order valence-corrected chi connectivity index (χ2v) is 4.37. The standard InChI is InChI=1S/C13H13N3O3/c1-9-3-4-11(10(2)7-9)12(17)8-15-6-5-13(14-15)16(18)19/h3-7H,8H2,1-2H3.